The first-order chi connectivity index (χ1) is 15.1. The minimum absolute atomic E-state index is 0.116. The molecule has 3 aromatic rings. The molecule has 0 aliphatic carbocycles. The van der Waals surface area contributed by atoms with E-state index in [0.29, 0.717) is 23.4 Å². The van der Waals surface area contributed by atoms with Gasteiger partial charge in [-0.3, -0.25) is 9.69 Å². The summed E-state index contributed by atoms with van der Waals surface area (Å²) in [5, 5.41) is 13.9. The molecule has 0 saturated carbocycles. The minimum Gasteiger partial charge on any atom is -0.496 e. The van der Waals surface area contributed by atoms with E-state index in [-0.39, 0.29) is 5.92 Å². The van der Waals surface area contributed by atoms with Crippen molar-refractivity contribution in [2.75, 3.05) is 20.2 Å². The lowest BCUT2D eigenvalue weighted by molar-refractivity contribution is 0.0997. The summed E-state index contributed by atoms with van der Waals surface area (Å²) in [7, 11) is 1.62. The first-order valence-corrected chi connectivity index (χ1v) is 10.3. The number of carbonyl (C=O) groups excluding carboxylic acids is 1. The molecule has 0 radical (unpaired) electrons. The number of nitrogens with zero attached hydrogens (tertiary/aromatic N) is 4. The van der Waals surface area contributed by atoms with Gasteiger partial charge in [-0.05, 0) is 43.7 Å². The molecule has 1 amide bonds. The van der Waals surface area contributed by atoms with Gasteiger partial charge in [0.1, 0.15) is 5.75 Å². The number of aromatic nitrogens is 2. The minimum atomic E-state index is -0.455. The number of rotatable bonds is 6. The van der Waals surface area contributed by atoms with Crippen LogP contribution >= 0.6 is 0 Å². The van der Waals surface area contributed by atoms with Crippen LogP contribution in [0.15, 0.2) is 54.7 Å². The summed E-state index contributed by atoms with van der Waals surface area (Å²) < 4.78 is 7.22. The van der Waals surface area contributed by atoms with Gasteiger partial charge in [0.05, 0.1) is 35.7 Å². The maximum Gasteiger partial charge on any atom is 0.252 e. The molecular weight excluding hydrogens is 390 g/mol. The molecule has 1 aromatic heterocycles. The van der Waals surface area contributed by atoms with Crippen LogP contribution in [0, 0.1) is 11.3 Å². The number of hydrogen-bond acceptors (Lipinski definition) is 5. The molecule has 7 heteroatoms. The molecule has 31 heavy (non-hydrogen) atoms. The summed E-state index contributed by atoms with van der Waals surface area (Å²) in [4.78, 5) is 14.5. The van der Waals surface area contributed by atoms with E-state index in [9.17, 15) is 4.79 Å². The molecule has 158 valence electrons. The highest BCUT2D eigenvalue weighted by Crippen LogP contribution is 2.31. The number of nitrogens with two attached hydrogens (primary N) is 1. The van der Waals surface area contributed by atoms with E-state index in [0.717, 1.165) is 42.9 Å². The Hall–Kier alpha value is -3.63. The van der Waals surface area contributed by atoms with Gasteiger partial charge >= 0.3 is 0 Å². The lowest BCUT2D eigenvalue weighted by atomic mass is 9.92. The average Bonchev–Trinajstić information content (AvgIpc) is 3.26. The summed E-state index contributed by atoms with van der Waals surface area (Å²) in [6, 6.07) is 17.4. The van der Waals surface area contributed by atoms with Crippen LogP contribution in [0.4, 0.5) is 0 Å². The number of methoxy groups -OCH3 is 1. The molecule has 1 aliphatic rings. The third kappa shape index (κ3) is 4.44. The van der Waals surface area contributed by atoms with E-state index in [1.807, 2.05) is 42.5 Å². The highest BCUT2D eigenvalue weighted by atomic mass is 16.5. The fourth-order valence-corrected chi connectivity index (χ4v) is 4.20. The van der Waals surface area contributed by atoms with Crippen LogP contribution in [0.25, 0.3) is 5.69 Å². The SMILES string of the molecule is COc1cc(C#N)ccc1CN1CCC[C@@H](c2nn(-c3ccccc3)cc2C(N)=O)C1. The van der Waals surface area contributed by atoms with Crippen molar-refractivity contribution in [3.8, 4) is 17.5 Å². The number of carbonyl (C=O) groups is 1. The van der Waals surface area contributed by atoms with E-state index >= 15 is 0 Å². The highest BCUT2D eigenvalue weighted by Gasteiger charge is 2.28. The van der Waals surface area contributed by atoms with Crippen LogP contribution in [0.2, 0.25) is 0 Å². The standard InChI is InChI=1S/C24H25N5O2/c1-31-22-12-17(13-25)9-10-18(22)14-28-11-5-6-19(15-28)23-21(24(26)30)16-29(27-23)20-7-3-2-4-8-20/h2-4,7-10,12,16,19H,5-6,11,14-15H2,1H3,(H2,26,30)/t19-/m1/s1. The maximum atomic E-state index is 12.1. The molecule has 1 fully saturated rings. The number of ether oxygens (including phenoxy) is 1. The Kier molecular flexibility index (Phi) is 6.01. The van der Waals surface area contributed by atoms with Crippen molar-refractivity contribution in [1.29, 1.82) is 5.26 Å². The summed E-state index contributed by atoms with van der Waals surface area (Å²) >= 11 is 0. The summed E-state index contributed by atoms with van der Waals surface area (Å²) in [6.45, 7) is 2.43. The van der Waals surface area contributed by atoms with Crippen LogP contribution < -0.4 is 10.5 Å². The Bertz CT molecular complexity index is 1120. The fourth-order valence-electron chi connectivity index (χ4n) is 4.20. The van der Waals surface area contributed by atoms with Gasteiger partial charge in [-0.2, -0.15) is 10.4 Å². The van der Waals surface area contributed by atoms with Crippen LogP contribution in [0.5, 0.6) is 5.75 Å². The molecule has 1 atom stereocenters. The highest BCUT2D eigenvalue weighted by molar-refractivity contribution is 5.94. The van der Waals surface area contributed by atoms with Gasteiger partial charge in [0, 0.05) is 30.8 Å². The molecule has 0 unspecified atom stereocenters. The Balaban J connectivity index is 1.57. The fraction of sp³-hybridized carbons (Fsp3) is 0.292. The lowest BCUT2D eigenvalue weighted by Crippen LogP contribution is -2.34. The molecule has 1 saturated heterocycles. The average molecular weight is 415 g/mol. The Labute approximate surface area is 181 Å². The quantitative estimate of drug-likeness (QED) is 0.667. The van der Waals surface area contributed by atoms with Crippen LogP contribution in [0.1, 0.15) is 45.9 Å². The topological polar surface area (TPSA) is 97.2 Å². The molecule has 2 aromatic carbocycles. The zero-order valence-corrected chi connectivity index (χ0v) is 17.5. The number of nitriles is 1. The normalized spacial score (nSPS) is 16.6. The lowest BCUT2D eigenvalue weighted by Gasteiger charge is -2.32. The van der Waals surface area contributed by atoms with E-state index in [1.165, 1.54) is 0 Å². The largest absolute Gasteiger partial charge is 0.496 e. The van der Waals surface area contributed by atoms with Crippen molar-refractivity contribution >= 4 is 5.91 Å². The molecule has 0 spiro atoms. The molecule has 7 nitrogen and oxygen atoms in total. The smallest absolute Gasteiger partial charge is 0.252 e. The van der Waals surface area contributed by atoms with Crippen molar-refractivity contribution in [3.63, 3.8) is 0 Å². The van der Waals surface area contributed by atoms with Crippen LogP contribution in [0.3, 0.4) is 0 Å². The summed E-state index contributed by atoms with van der Waals surface area (Å²) in [5.74, 6) is 0.376. The number of hydrogen-bond donors (Lipinski definition) is 1. The summed E-state index contributed by atoms with van der Waals surface area (Å²) in [5.41, 5.74) is 9.43. The number of amides is 1. The first kappa shape index (κ1) is 20.6. The van der Waals surface area contributed by atoms with Gasteiger partial charge in [-0.15, -0.1) is 0 Å². The van der Waals surface area contributed by atoms with E-state index in [2.05, 4.69) is 11.0 Å². The monoisotopic (exact) mass is 415 g/mol. The number of primary amides is 1. The first-order valence-electron chi connectivity index (χ1n) is 10.3. The summed E-state index contributed by atoms with van der Waals surface area (Å²) in [6.07, 6.45) is 3.68. The number of para-hydroxylation sites is 1. The number of piperidine rings is 1. The van der Waals surface area contributed by atoms with Gasteiger partial charge in [-0.25, -0.2) is 4.68 Å². The Morgan fingerprint density at radius 1 is 1.29 bits per heavy atom. The van der Waals surface area contributed by atoms with Crippen LogP contribution in [-0.4, -0.2) is 40.8 Å². The van der Waals surface area contributed by atoms with E-state index < -0.39 is 5.91 Å². The zero-order valence-electron chi connectivity index (χ0n) is 17.5. The Morgan fingerprint density at radius 2 is 2.10 bits per heavy atom. The van der Waals surface area contributed by atoms with Crippen molar-refractivity contribution < 1.29 is 9.53 Å². The number of likely N-dealkylation sites (tertiary alicyclic amines) is 1. The van der Waals surface area contributed by atoms with Crippen molar-refractivity contribution in [1.82, 2.24) is 14.7 Å². The zero-order chi connectivity index (χ0) is 21.8. The van der Waals surface area contributed by atoms with Crippen molar-refractivity contribution in [2.24, 2.45) is 5.73 Å². The van der Waals surface area contributed by atoms with Gasteiger partial charge < -0.3 is 10.5 Å². The van der Waals surface area contributed by atoms with Gasteiger partial charge in [-0.1, -0.05) is 24.3 Å². The molecule has 0 bridgehead atoms. The molecule has 2 N–H and O–H groups in total. The van der Waals surface area contributed by atoms with E-state index in [4.69, 9.17) is 20.8 Å². The second kappa shape index (κ2) is 9.02. The van der Waals surface area contributed by atoms with Crippen molar-refractivity contribution in [3.05, 3.63) is 77.1 Å². The van der Waals surface area contributed by atoms with Gasteiger partial charge in [0.2, 0.25) is 0 Å². The predicted octanol–water partition coefficient (Wildman–Crippen LogP) is 3.23. The van der Waals surface area contributed by atoms with Gasteiger partial charge in [0.15, 0.2) is 0 Å². The molecular formula is C24H25N5O2. The van der Waals surface area contributed by atoms with Crippen molar-refractivity contribution in [2.45, 2.75) is 25.3 Å². The maximum absolute atomic E-state index is 12.1. The third-order valence-corrected chi connectivity index (χ3v) is 5.73. The molecule has 1 aliphatic heterocycles. The molecule has 2 heterocycles. The Morgan fingerprint density at radius 3 is 2.81 bits per heavy atom. The van der Waals surface area contributed by atoms with Gasteiger partial charge in [0.25, 0.3) is 5.91 Å². The second-order valence-corrected chi connectivity index (χ2v) is 7.79. The second-order valence-electron chi connectivity index (χ2n) is 7.79. The van der Waals surface area contributed by atoms with Crippen LogP contribution in [-0.2, 0) is 6.54 Å². The third-order valence-electron chi connectivity index (χ3n) is 5.73. The predicted molar refractivity (Wildman–Crippen MR) is 117 cm³/mol. The molecule has 4 rings (SSSR count). The van der Waals surface area contributed by atoms with E-state index in [1.54, 1.807) is 24.1 Å². The number of benzene rings is 2.